The molecule has 0 fully saturated rings. The first-order valence-electron chi connectivity index (χ1n) is 4.83. The van der Waals surface area contributed by atoms with Crippen molar-refractivity contribution in [3.63, 3.8) is 0 Å². The highest BCUT2D eigenvalue weighted by Gasteiger charge is 2.19. The van der Waals surface area contributed by atoms with Crippen LogP contribution in [-0.2, 0) is 15.6 Å². The first-order chi connectivity index (χ1) is 8.00. The number of nitrogens with one attached hydrogen (secondary N) is 1. The molecule has 17 heavy (non-hydrogen) atoms. The van der Waals surface area contributed by atoms with Gasteiger partial charge >= 0.3 is 0 Å². The molecule has 1 N–H and O–H groups in total. The predicted molar refractivity (Wildman–Crippen MR) is 66.2 cm³/mol. The number of sulfone groups is 1. The van der Waals surface area contributed by atoms with Gasteiger partial charge in [0.2, 0.25) is 9.84 Å². The third-order valence-electron chi connectivity index (χ3n) is 2.44. The minimum absolute atomic E-state index is 0.0307. The van der Waals surface area contributed by atoms with Gasteiger partial charge in [0.1, 0.15) is 0 Å². The van der Waals surface area contributed by atoms with Crippen molar-refractivity contribution >= 4 is 25.8 Å². The Morgan fingerprint density at radius 3 is 2.82 bits per heavy atom. The molecule has 7 heteroatoms. The maximum atomic E-state index is 12.0. The predicted octanol–water partition coefficient (Wildman–Crippen LogP) is 1.85. The van der Waals surface area contributed by atoms with E-state index in [0.29, 0.717) is 0 Å². The molecule has 0 saturated carbocycles. The maximum Gasteiger partial charge on any atom is 0.203 e. The molecule has 2 aromatic rings. The number of rotatable bonds is 3. The minimum Gasteiger partial charge on any atom is -0.222 e. The summed E-state index contributed by atoms with van der Waals surface area (Å²) in [6.45, 7) is 1.87. The highest BCUT2D eigenvalue weighted by atomic mass is 79.9. The average Bonchev–Trinajstić information content (AvgIpc) is 2.78. The van der Waals surface area contributed by atoms with Gasteiger partial charge in [-0.15, -0.1) is 5.10 Å². The molecule has 0 atom stereocenters. The zero-order valence-corrected chi connectivity index (χ0v) is 11.4. The number of aromatic amines is 1. The zero-order valence-electron chi connectivity index (χ0n) is 9.01. The van der Waals surface area contributed by atoms with Crippen LogP contribution in [-0.4, -0.2) is 23.8 Å². The van der Waals surface area contributed by atoms with Crippen molar-refractivity contribution in [1.82, 2.24) is 15.4 Å². The first-order valence-corrected chi connectivity index (χ1v) is 7.28. The van der Waals surface area contributed by atoms with Gasteiger partial charge in [0, 0.05) is 4.47 Å². The van der Waals surface area contributed by atoms with E-state index in [9.17, 15) is 8.42 Å². The molecule has 0 bridgehead atoms. The lowest BCUT2D eigenvalue weighted by Crippen LogP contribution is -2.07. The Labute approximate surface area is 107 Å². The summed E-state index contributed by atoms with van der Waals surface area (Å²) >= 11 is 3.37. The Morgan fingerprint density at radius 2 is 2.18 bits per heavy atom. The largest absolute Gasteiger partial charge is 0.222 e. The van der Waals surface area contributed by atoms with Gasteiger partial charge in [-0.2, -0.15) is 10.3 Å². The normalized spacial score (nSPS) is 11.6. The van der Waals surface area contributed by atoms with Crippen molar-refractivity contribution < 1.29 is 8.42 Å². The number of aromatic nitrogens is 3. The lowest BCUT2D eigenvalue weighted by molar-refractivity contribution is 0.591. The van der Waals surface area contributed by atoms with Crippen LogP contribution < -0.4 is 0 Å². The molecule has 2 rings (SSSR count). The van der Waals surface area contributed by atoms with E-state index in [1.807, 2.05) is 19.1 Å². The van der Waals surface area contributed by atoms with Gasteiger partial charge in [0.05, 0.1) is 11.9 Å². The molecule has 0 aliphatic rings. The van der Waals surface area contributed by atoms with E-state index in [4.69, 9.17) is 0 Å². The number of halogens is 1. The second-order valence-electron chi connectivity index (χ2n) is 3.59. The third kappa shape index (κ3) is 2.55. The molecular weight excluding hydrogens is 306 g/mol. The standard InChI is InChI=1S/C10H10BrN3O2S/c1-7-8(3-2-4-9(7)11)6-17(15,16)10-5-12-14-13-10/h2-5H,6H2,1H3,(H,12,13,14). The average molecular weight is 316 g/mol. The fraction of sp³-hybridized carbons (Fsp3) is 0.200. The topological polar surface area (TPSA) is 75.7 Å². The van der Waals surface area contributed by atoms with Crippen molar-refractivity contribution in [3.05, 3.63) is 40.0 Å². The van der Waals surface area contributed by atoms with E-state index in [2.05, 4.69) is 31.3 Å². The van der Waals surface area contributed by atoms with Crippen LogP contribution in [0.15, 0.2) is 33.9 Å². The number of hydrogen-bond donors (Lipinski definition) is 1. The summed E-state index contributed by atoms with van der Waals surface area (Å²) in [6, 6.07) is 5.48. The van der Waals surface area contributed by atoms with Crippen molar-refractivity contribution in [2.24, 2.45) is 0 Å². The van der Waals surface area contributed by atoms with Crippen LogP contribution in [0.2, 0.25) is 0 Å². The van der Waals surface area contributed by atoms with Gasteiger partial charge < -0.3 is 0 Å². The monoisotopic (exact) mass is 315 g/mol. The Bertz CT molecular complexity index is 623. The summed E-state index contributed by atoms with van der Waals surface area (Å²) in [5.41, 5.74) is 1.67. The molecule has 5 nitrogen and oxygen atoms in total. The van der Waals surface area contributed by atoms with Crippen LogP contribution in [0.3, 0.4) is 0 Å². The molecule has 0 saturated heterocycles. The Balaban J connectivity index is 2.37. The van der Waals surface area contributed by atoms with Crippen molar-refractivity contribution in [2.75, 3.05) is 0 Å². The van der Waals surface area contributed by atoms with Crippen LogP contribution in [0.5, 0.6) is 0 Å². The van der Waals surface area contributed by atoms with E-state index in [1.54, 1.807) is 6.07 Å². The summed E-state index contributed by atoms with van der Waals surface area (Å²) < 4.78 is 24.9. The fourth-order valence-corrected chi connectivity index (χ4v) is 3.10. The second-order valence-corrected chi connectivity index (χ2v) is 6.38. The van der Waals surface area contributed by atoms with E-state index in [1.165, 1.54) is 6.20 Å². The molecule has 0 amide bonds. The van der Waals surface area contributed by atoms with E-state index < -0.39 is 9.84 Å². The molecule has 1 heterocycles. The summed E-state index contributed by atoms with van der Waals surface area (Å²) in [5.74, 6) is -0.0786. The number of nitrogens with zero attached hydrogens (tertiary/aromatic N) is 2. The van der Waals surface area contributed by atoms with Crippen LogP contribution in [0.1, 0.15) is 11.1 Å². The summed E-state index contributed by atoms with van der Waals surface area (Å²) in [5, 5.41) is 9.37. The summed E-state index contributed by atoms with van der Waals surface area (Å²) in [7, 11) is -3.43. The van der Waals surface area contributed by atoms with Crippen LogP contribution in [0, 0.1) is 6.92 Å². The van der Waals surface area contributed by atoms with E-state index in [0.717, 1.165) is 15.6 Å². The second kappa shape index (κ2) is 4.58. The molecule has 0 radical (unpaired) electrons. The minimum atomic E-state index is -3.43. The Morgan fingerprint density at radius 1 is 1.41 bits per heavy atom. The lowest BCUT2D eigenvalue weighted by Gasteiger charge is -2.06. The third-order valence-corrected chi connectivity index (χ3v) is 4.82. The van der Waals surface area contributed by atoms with Crippen molar-refractivity contribution in [2.45, 2.75) is 17.7 Å². The first kappa shape index (κ1) is 12.3. The number of benzene rings is 1. The molecule has 0 spiro atoms. The highest BCUT2D eigenvalue weighted by Crippen LogP contribution is 2.22. The van der Waals surface area contributed by atoms with Crippen LogP contribution in [0.25, 0.3) is 0 Å². The summed E-state index contributed by atoms with van der Waals surface area (Å²) in [6.07, 6.45) is 1.21. The molecular formula is C10H10BrN3O2S. The SMILES string of the molecule is Cc1c(Br)cccc1CS(=O)(=O)c1cn[nH]n1. The smallest absolute Gasteiger partial charge is 0.203 e. The Hall–Kier alpha value is -1.21. The number of H-pyrrole nitrogens is 1. The molecule has 90 valence electrons. The van der Waals surface area contributed by atoms with Gasteiger partial charge in [0.25, 0.3) is 0 Å². The van der Waals surface area contributed by atoms with Crippen LogP contribution in [0.4, 0.5) is 0 Å². The van der Waals surface area contributed by atoms with Crippen LogP contribution >= 0.6 is 15.9 Å². The van der Waals surface area contributed by atoms with Crippen molar-refractivity contribution in [3.8, 4) is 0 Å². The molecule has 1 aromatic carbocycles. The lowest BCUT2D eigenvalue weighted by atomic mass is 10.1. The van der Waals surface area contributed by atoms with Crippen molar-refractivity contribution in [1.29, 1.82) is 0 Å². The van der Waals surface area contributed by atoms with E-state index in [-0.39, 0.29) is 10.8 Å². The highest BCUT2D eigenvalue weighted by molar-refractivity contribution is 9.10. The summed E-state index contributed by atoms with van der Waals surface area (Å²) in [4.78, 5) is 0. The van der Waals surface area contributed by atoms with Gasteiger partial charge in [-0.25, -0.2) is 8.42 Å². The van der Waals surface area contributed by atoms with Gasteiger partial charge in [0.15, 0.2) is 5.03 Å². The fourth-order valence-electron chi connectivity index (χ4n) is 1.43. The molecule has 0 unspecified atom stereocenters. The maximum absolute atomic E-state index is 12.0. The molecule has 0 aliphatic heterocycles. The van der Waals surface area contributed by atoms with Gasteiger partial charge in [-0.05, 0) is 24.1 Å². The van der Waals surface area contributed by atoms with E-state index >= 15 is 0 Å². The quantitative estimate of drug-likeness (QED) is 0.937. The molecule has 1 aromatic heterocycles. The number of hydrogen-bond acceptors (Lipinski definition) is 4. The Kier molecular flexibility index (Phi) is 3.30. The van der Waals surface area contributed by atoms with Gasteiger partial charge in [-0.3, -0.25) is 0 Å². The van der Waals surface area contributed by atoms with Gasteiger partial charge in [-0.1, -0.05) is 28.1 Å². The zero-order chi connectivity index (χ0) is 12.5. The molecule has 0 aliphatic carbocycles.